The molecule has 26 heavy (non-hydrogen) atoms. The van der Waals surface area contributed by atoms with Crippen molar-refractivity contribution in [1.82, 2.24) is 15.2 Å². The zero-order valence-corrected chi connectivity index (χ0v) is 15.1. The molecule has 2 aromatic carbocycles. The Morgan fingerprint density at radius 3 is 2.54 bits per heavy atom. The van der Waals surface area contributed by atoms with E-state index in [0.717, 1.165) is 19.6 Å². The number of nitrogens with one attached hydrogen (secondary N) is 1. The molecule has 1 saturated heterocycles. The van der Waals surface area contributed by atoms with Gasteiger partial charge in [0.05, 0.1) is 0 Å². The number of fused-ring (bicyclic) bond motifs is 1. The maximum Gasteiger partial charge on any atom is 0.264 e. The molecular weight excluding hydrogens is 352 g/mol. The minimum absolute atomic E-state index is 0.0497. The second-order valence-corrected chi connectivity index (χ2v) is 8.18. The average Bonchev–Trinajstić information content (AvgIpc) is 3.12. The van der Waals surface area contributed by atoms with Crippen molar-refractivity contribution in [2.24, 2.45) is 0 Å². The summed E-state index contributed by atoms with van der Waals surface area (Å²) in [7, 11) is -3.77. The number of nitrogens with zero attached hydrogens (tertiary/aromatic N) is 3. The Hall–Kier alpha value is -2.45. The summed E-state index contributed by atoms with van der Waals surface area (Å²) >= 11 is 0. The van der Waals surface area contributed by atoms with Crippen molar-refractivity contribution in [1.29, 1.82) is 0 Å². The Labute approximate surface area is 152 Å². The van der Waals surface area contributed by atoms with Crippen LogP contribution >= 0.6 is 0 Å². The molecule has 1 aliphatic rings. The van der Waals surface area contributed by atoms with Crippen LogP contribution in [-0.4, -0.2) is 36.7 Å². The molecule has 1 N–H and O–H groups in total. The quantitative estimate of drug-likeness (QED) is 0.741. The van der Waals surface area contributed by atoms with Gasteiger partial charge < -0.3 is 0 Å². The monoisotopic (exact) mass is 372 g/mol. The molecule has 1 aromatic heterocycles. The van der Waals surface area contributed by atoms with Crippen LogP contribution in [0.3, 0.4) is 0 Å². The normalized spacial score (nSPS) is 16.0. The number of benzene rings is 2. The van der Waals surface area contributed by atoms with Gasteiger partial charge in [-0.25, -0.2) is 13.0 Å². The molecule has 3 aromatic rings. The van der Waals surface area contributed by atoms with Crippen LogP contribution in [0.15, 0.2) is 52.0 Å². The zero-order chi connectivity index (χ0) is 18.0. The van der Waals surface area contributed by atoms with Crippen molar-refractivity contribution < 1.29 is 13.0 Å². The van der Waals surface area contributed by atoms with Crippen molar-refractivity contribution in [2.45, 2.75) is 30.7 Å². The lowest BCUT2D eigenvalue weighted by molar-refractivity contribution is 0.221. The Balaban J connectivity index is 1.50. The fraction of sp³-hybridized carbons (Fsp3) is 0.333. The van der Waals surface area contributed by atoms with E-state index in [-0.39, 0.29) is 10.4 Å². The summed E-state index contributed by atoms with van der Waals surface area (Å²) in [6.07, 6.45) is 3.81. The van der Waals surface area contributed by atoms with E-state index in [1.165, 1.54) is 30.9 Å². The van der Waals surface area contributed by atoms with Gasteiger partial charge in [-0.1, -0.05) is 24.6 Å². The van der Waals surface area contributed by atoms with Gasteiger partial charge in [0.2, 0.25) is 0 Å². The highest BCUT2D eigenvalue weighted by Gasteiger charge is 2.20. The minimum Gasteiger partial charge on any atom is -0.299 e. The number of hydrogen-bond donors (Lipinski definition) is 1. The third-order valence-electron chi connectivity index (χ3n) is 4.60. The lowest BCUT2D eigenvalue weighted by Crippen LogP contribution is -2.29. The van der Waals surface area contributed by atoms with E-state index in [4.69, 9.17) is 0 Å². The summed E-state index contributed by atoms with van der Waals surface area (Å²) in [5.41, 5.74) is 2.32. The second kappa shape index (κ2) is 7.05. The molecule has 136 valence electrons. The number of piperidine rings is 1. The van der Waals surface area contributed by atoms with Gasteiger partial charge in [-0.3, -0.25) is 9.62 Å². The van der Waals surface area contributed by atoms with Gasteiger partial charge in [-0.05, 0) is 66.1 Å². The van der Waals surface area contributed by atoms with Gasteiger partial charge in [0.15, 0.2) is 5.52 Å². The Morgan fingerprint density at radius 2 is 1.77 bits per heavy atom. The molecule has 0 unspecified atom stereocenters. The summed E-state index contributed by atoms with van der Waals surface area (Å²) < 4.78 is 32.6. The fourth-order valence-corrected chi connectivity index (χ4v) is 4.47. The van der Waals surface area contributed by atoms with Crippen molar-refractivity contribution >= 4 is 26.7 Å². The zero-order valence-electron chi connectivity index (χ0n) is 14.3. The van der Waals surface area contributed by atoms with Crippen molar-refractivity contribution in [3.05, 3.63) is 48.0 Å². The molecule has 1 fully saturated rings. The minimum atomic E-state index is -3.77. The number of anilines is 1. The predicted octanol–water partition coefficient (Wildman–Crippen LogP) is 3.01. The maximum absolute atomic E-state index is 12.7. The van der Waals surface area contributed by atoms with Crippen LogP contribution in [0.4, 0.5) is 5.69 Å². The summed E-state index contributed by atoms with van der Waals surface area (Å²) in [6.45, 7) is 3.16. The van der Waals surface area contributed by atoms with Crippen molar-refractivity contribution in [3.8, 4) is 0 Å². The molecule has 1 aliphatic heterocycles. The molecule has 8 heteroatoms. The van der Waals surface area contributed by atoms with Crippen LogP contribution in [-0.2, 0) is 16.6 Å². The molecule has 0 radical (unpaired) electrons. The fourth-order valence-electron chi connectivity index (χ4n) is 3.26. The Kier molecular flexibility index (Phi) is 4.60. The van der Waals surface area contributed by atoms with Crippen LogP contribution in [0.5, 0.6) is 0 Å². The number of aromatic nitrogens is 2. The van der Waals surface area contributed by atoms with Gasteiger partial charge in [0, 0.05) is 12.2 Å². The van der Waals surface area contributed by atoms with Gasteiger partial charge >= 0.3 is 0 Å². The summed E-state index contributed by atoms with van der Waals surface area (Å²) in [5.74, 6) is 0. The molecule has 7 nitrogen and oxygen atoms in total. The molecule has 0 spiro atoms. The van der Waals surface area contributed by atoms with Gasteiger partial charge in [-0.15, -0.1) is 0 Å². The first-order valence-corrected chi connectivity index (χ1v) is 10.2. The van der Waals surface area contributed by atoms with Crippen LogP contribution in [0.25, 0.3) is 11.0 Å². The van der Waals surface area contributed by atoms with E-state index in [1.807, 2.05) is 12.1 Å². The van der Waals surface area contributed by atoms with Crippen LogP contribution in [0, 0.1) is 0 Å². The van der Waals surface area contributed by atoms with E-state index in [2.05, 4.69) is 24.6 Å². The Bertz CT molecular complexity index is 993. The molecule has 4 rings (SSSR count). The molecular formula is C18H20N4O3S. The molecule has 0 aliphatic carbocycles. The lowest BCUT2D eigenvalue weighted by atomic mass is 10.1. The van der Waals surface area contributed by atoms with Gasteiger partial charge in [-0.2, -0.15) is 0 Å². The number of rotatable bonds is 5. The highest BCUT2D eigenvalue weighted by Crippen LogP contribution is 2.23. The third-order valence-corrected chi connectivity index (χ3v) is 6.01. The summed E-state index contributed by atoms with van der Waals surface area (Å²) in [6, 6.07) is 12.3. The number of sulfonamides is 1. The second-order valence-electron chi connectivity index (χ2n) is 6.53. The first-order chi connectivity index (χ1) is 12.6. The SMILES string of the molecule is O=S(=O)(Nc1ccc(CN2CCCCC2)cc1)c1cccc2nonc12. The Morgan fingerprint density at radius 1 is 1.00 bits per heavy atom. The lowest BCUT2D eigenvalue weighted by Gasteiger charge is -2.26. The van der Waals surface area contributed by atoms with E-state index < -0.39 is 10.0 Å². The summed E-state index contributed by atoms with van der Waals surface area (Å²) in [5, 5.41) is 7.38. The van der Waals surface area contributed by atoms with Crippen molar-refractivity contribution in [3.63, 3.8) is 0 Å². The third kappa shape index (κ3) is 3.56. The maximum atomic E-state index is 12.7. The van der Waals surface area contributed by atoms with E-state index in [9.17, 15) is 8.42 Å². The number of likely N-dealkylation sites (tertiary alicyclic amines) is 1. The van der Waals surface area contributed by atoms with Gasteiger partial charge in [0.1, 0.15) is 10.4 Å². The van der Waals surface area contributed by atoms with E-state index in [0.29, 0.717) is 11.2 Å². The highest BCUT2D eigenvalue weighted by molar-refractivity contribution is 7.93. The van der Waals surface area contributed by atoms with Crippen LogP contribution in [0.2, 0.25) is 0 Å². The largest absolute Gasteiger partial charge is 0.299 e. The van der Waals surface area contributed by atoms with Crippen LogP contribution in [0.1, 0.15) is 24.8 Å². The first kappa shape index (κ1) is 17.0. The van der Waals surface area contributed by atoms with Gasteiger partial charge in [0.25, 0.3) is 10.0 Å². The van der Waals surface area contributed by atoms with Crippen LogP contribution < -0.4 is 4.72 Å². The number of hydrogen-bond acceptors (Lipinski definition) is 6. The molecule has 0 amide bonds. The van der Waals surface area contributed by atoms with E-state index in [1.54, 1.807) is 24.3 Å². The van der Waals surface area contributed by atoms with Crippen molar-refractivity contribution in [2.75, 3.05) is 17.8 Å². The van der Waals surface area contributed by atoms with E-state index >= 15 is 0 Å². The average molecular weight is 372 g/mol. The molecule has 0 bridgehead atoms. The molecule has 0 atom stereocenters. The molecule has 2 heterocycles. The predicted molar refractivity (Wildman–Crippen MR) is 98.2 cm³/mol. The highest BCUT2D eigenvalue weighted by atomic mass is 32.2. The first-order valence-electron chi connectivity index (χ1n) is 8.67. The standard InChI is InChI=1S/C18H20N4O3S/c23-26(24,17-6-4-5-16-18(17)20-25-19-16)21-15-9-7-14(8-10-15)13-22-11-2-1-3-12-22/h4-10,21H,1-3,11-13H2. The summed E-state index contributed by atoms with van der Waals surface area (Å²) in [4.78, 5) is 2.48. The topological polar surface area (TPSA) is 88.3 Å². The molecule has 0 saturated carbocycles. The smallest absolute Gasteiger partial charge is 0.264 e.